The number of hydrogen-bond acceptors (Lipinski definition) is 2. The molecule has 0 saturated carbocycles. The number of rotatable bonds is 3. The van der Waals surface area contributed by atoms with Gasteiger partial charge in [-0.2, -0.15) is 0 Å². The Morgan fingerprint density at radius 1 is 0.895 bits per heavy atom. The second-order valence-corrected chi connectivity index (χ2v) is 3.80. The Balaban J connectivity index is 2.24. The van der Waals surface area contributed by atoms with Gasteiger partial charge in [-0.15, -0.1) is 0 Å². The highest BCUT2D eigenvalue weighted by atomic mass is 14.8. The predicted molar refractivity (Wildman–Crippen MR) is 81.6 cm³/mol. The average Bonchev–Trinajstić information content (AvgIpc) is 2.47. The van der Waals surface area contributed by atoms with Gasteiger partial charge in [0, 0.05) is 0 Å². The third-order valence-corrected chi connectivity index (χ3v) is 2.35. The van der Waals surface area contributed by atoms with Crippen LogP contribution < -0.4 is 0 Å². The molecule has 2 nitrogen and oxygen atoms in total. The van der Waals surface area contributed by atoms with E-state index in [-0.39, 0.29) is 0 Å². The van der Waals surface area contributed by atoms with Crippen molar-refractivity contribution in [3.05, 3.63) is 60.7 Å². The monoisotopic (exact) mass is 246 g/mol. The van der Waals surface area contributed by atoms with E-state index in [4.69, 9.17) is 0 Å². The molecule has 0 radical (unpaired) electrons. The lowest BCUT2D eigenvalue weighted by atomic mass is 10.3. The molecule has 0 heterocycles. The van der Waals surface area contributed by atoms with Gasteiger partial charge < -0.3 is 0 Å². The Labute approximate surface area is 113 Å². The standard InChI is InChI=1S/C17H14N2/c1-2-9-17(19-16-12-7-4-8-13-16)14-18-15-10-5-3-6-11-15/h3-8,10-14H,1H3. The van der Waals surface area contributed by atoms with Crippen LogP contribution in [0.3, 0.4) is 0 Å². The fourth-order valence-corrected chi connectivity index (χ4v) is 1.51. The van der Waals surface area contributed by atoms with Gasteiger partial charge in [-0.3, -0.25) is 4.99 Å². The Hall–Kier alpha value is -2.66. The Bertz CT molecular complexity index is 629. The molecule has 2 aromatic rings. The maximum atomic E-state index is 4.46. The summed E-state index contributed by atoms with van der Waals surface area (Å²) in [6.45, 7) is 1.79. The first kappa shape index (κ1) is 12.8. The molecule has 0 unspecified atom stereocenters. The molecule has 0 spiro atoms. The molecule has 2 aromatic carbocycles. The van der Waals surface area contributed by atoms with Gasteiger partial charge >= 0.3 is 0 Å². The Kier molecular flexibility index (Phi) is 4.66. The molecule has 0 amide bonds. The normalized spacial score (nSPS) is 11.1. The summed E-state index contributed by atoms with van der Waals surface area (Å²) in [6.07, 6.45) is 1.69. The van der Waals surface area contributed by atoms with E-state index >= 15 is 0 Å². The van der Waals surface area contributed by atoms with Gasteiger partial charge in [0.1, 0.15) is 5.71 Å². The van der Waals surface area contributed by atoms with Gasteiger partial charge in [0.05, 0.1) is 17.6 Å². The fraction of sp³-hybridized carbons (Fsp3) is 0.0588. The summed E-state index contributed by atoms with van der Waals surface area (Å²) in [5, 5.41) is 0. The molecule has 0 bridgehead atoms. The average molecular weight is 246 g/mol. The number of hydrogen-bond donors (Lipinski definition) is 0. The van der Waals surface area contributed by atoms with Gasteiger partial charge in [-0.1, -0.05) is 42.3 Å². The van der Waals surface area contributed by atoms with E-state index in [1.807, 2.05) is 60.7 Å². The molecular weight excluding hydrogens is 232 g/mol. The first-order chi connectivity index (χ1) is 9.38. The van der Waals surface area contributed by atoms with E-state index < -0.39 is 0 Å². The minimum Gasteiger partial charge on any atom is -0.254 e. The molecule has 0 saturated heterocycles. The summed E-state index contributed by atoms with van der Waals surface area (Å²) in [5.41, 5.74) is 2.42. The first-order valence-electron chi connectivity index (χ1n) is 6.04. The molecule has 19 heavy (non-hydrogen) atoms. The van der Waals surface area contributed by atoms with E-state index in [1.54, 1.807) is 13.1 Å². The zero-order chi connectivity index (χ0) is 13.3. The molecule has 0 N–H and O–H groups in total. The van der Waals surface area contributed by atoms with Crippen LogP contribution in [-0.2, 0) is 0 Å². The third-order valence-electron chi connectivity index (χ3n) is 2.35. The minimum atomic E-state index is 0.651. The fourth-order valence-electron chi connectivity index (χ4n) is 1.51. The second kappa shape index (κ2) is 6.93. The number of para-hydroxylation sites is 2. The van der Waals surface area contributed by atoms with Crippen LogP contribution in [0.1, 0.15) is 6.92 Å². The van der Waals surface area contributed by atoms with Crippen molar-refractivity contribution in [1.82, 2.24) is 0 Å². The van der Waals surface area contributed by atoms with Gasteiger partial charge in [-0.05, 0) is 37.1 Å². The summed E-state index contributed by atoms with van der Waals surface area (Å²) < 4.78 is 0. The van der Waals surface area contributed by atoms with Crippen molar-refractivity contribution in [3.8, 4) is 11.8 Å². The lowest BCUT2D eigenvalue weighted by molar-refractivity contribution is 1.52. The maximum absolute atomic E-state index is 4.46. The van der Waals surface area contributed by atoms with Crippen LogP contribution >= 0.6 is 0 Å². The van der Waals surface area contributed by atoms with Crippen molar-refractivity contribution in [1.29, 1.82) is 0 Å². The molecule has 2 rings (SSSR count). The second-order valence-electron chi connectivity index (χ2n) is 3.80. The third kappa shape index (κ3) is 4.25. The molecule has 0 aliphatic rings. The minimum absolute atomic E-state index is 0.651. The lowest BCUT2D eigenvalue weighted by Gasteiger charge is -1.94. The van der Waals surface area contributed by atoms with Crippen molar-refractivity contribution in [2.24, 2.45) is 9.98 Å². The van der Waals surface area contributed by atoms with Gasteiger partial charge in [0.25, 0.3) is 0 Å². The van der Waals surface area contributed by atoms with Crippen LogP contribution in [0, 0.1) is 11.8 Å². The van der Waals surface area contributed by atoms with Gasteiger partial charge in [0.2, 0.25) is 0 Å². The molecular formula is C17H14N2. The summed E-state index contributed by atoms with van der Waals surface area (Å²) in [4.78, 5) is 8.82. The summed E-state index contributed by atoms with van der Waals surface area (Å²) in [7, 11) is 0. The molecule has 0 atom stereocenters. The zero-order valence-corrected chi connectivity index (χ0v) is 10.7. The van der Waals surface area contributed by atoms with Crippen LogP contribution in [0.5, 0.6) is 0 Å². The Morgan fingerprint density at radius 3 is 2.05 bits per heavy atom. The van der Waals surface area contributed by atoms with Crippen molar-refractivity contribution in [2.75, 3.05) is 0 Å². The number of benzene rings is 2. The van der Waals surface area contributed by atoms with E-state index in [0.717, 1.165) is 11.4 Å². The smallest absolute Gasteiger partial charge is 0.132 e. The van der Waals surface area contributed by atoms with Crippen LogP contribution in [0.4, 0.5) is 11.4 Å². The van der Waals surface area contributed by atoms with Crippen LogP contribution in [0.2, 0.25) is 0 Å². The molecule has 2 heteroatoms. The largest absolute Gasteiger partial charge is 0.254 e. The van der Waals surface area contributed by atoms with Crippen molar-refractivity contribution in [3.63, 3.8) is 0 Å². The van der Waals surface area contributed by atoms with Gasteiger partial charge in [0.15, 0.2) is 0 Å². The molecule has 0 aliphatic carbocycles. The molecule has 0 aromatic heterocycles. The van der Waals surface area contributed by atoms with E-state index in [2.05, 4.69) is 21.8 Å². The molecule has 0 fully saturated rings. The highest BCUT2D eigenvalue weighted by molar-refractivity contribution is 6.39. The Morgan fingerprint density at radius 2 is 1.47 bits per heavy atom. The van der Waals surface area contributed by atoms with Crippen molar-refractivity contribution >= 4 is 23.3 Å². The first-order valence-corrected chi connectivity index (χ1v) is 6.04. The van der Waals surface area contributed by atoms with E-state index in [9.17, 15) is 0 Å². The van der Waals surface area contributed by atoms with Crippen LogP contribution in [0.25, 0.3) is 0 Å². The number of aliphatic imine (C=N–C) groups is 2. The van der Waals surface area contributed by atoms with Crippen molar-refractivity contribution in [2.45, 2.75) is 6.92 Å². The van der Waals surface area contributed by atoms with Crippen LogP contribution in [0.15, 0.2) is 70.6 Å². The molecule has 0 aliphatic heterocycles. The quantitative estimate of drug-likeness (QED) is 0.573. The highest BCUT2D eigenvalue weighted by Crippen LogP contribution is 2.11. The van der Waals surface area contributed by atoms with E-state index in [1.165, 1.54) is 0 Å². The molecule has 92 valence electrons. The van der Waals surface area contributed by atoms with E-state index in [0.29, 0.717) is 5.71 Å². The zero-order valence-electron chi connectivity index (χ0n) is 10.7. The predicted octanol–water partition coefficient (Wildman–Crippen LogP) is 4.18. The lowest BCUT2D eigenvalue weighted by Crippen LogP contribution is -1.94. The van der Waals surface area contributed by atoms with Crippen LogP contribution in [-0.4, -0.2) is 11.9 Å². The van der Waals surface area contributed by atoms with Crippen molar-refractivity contribution < 1.29 is 0 Å². The summed E-state index contributed by atoms with van der Waals surface area (Å²) in [5.74, 6) is 5.80. The maximum Gasteiger partial charge on any atom is 0.132 e. The topological polar surface area (TPSA) is 24.7 Å². The number of nitrogens with zero attached hydrogens (tertiary/aromatic N) is 2. The summed E-state index contributed by atoms with van der Waals surface area (Å²) >= 11 is 0. The SMILES string of the molecule is CC#CC(C=Nc1ccccc1)=Nc1ccccc1. The highest BCUT2D eigenvalue weighted by Gasteiger charge is 1.92. The van der Waals surface area contributed by atoms with Gasteiger partial charge in [-0.25, -0.2) is 4.99 Å². The summed E-state index contributed by atoms with van der Waals surface area (Å²) in [6, 6.07) is 19.5.